The van der Waals surface area contributed by atoms with Crippen molar-refractivity contribution in [3.8, 4) is 0 Å². The van der Waals surface area contributed by atoms with Crippen LogP contribution in [-0.2, 0) is 6.42 Å². The number of hydrogen-bond acceptors (Lipinski definition) is 3. The molecular weight excluding hydrogens is 295 g/mol. The molecule has 2 rings (SSSR count). The van der Waals surface area contributed by atoms with Gasteiger partial charge in [-0.2, -0.15) is 0 Å². The van der Waals surface area contributed by atoms with Gasteiger partial charge >= 0.3 is 12.0 Å². The van der Waals surface area contributed by atoms with Crippen LogP contribution in [0.25, 0.3) is 0 Å². The molecule has 0 aliphatic rings. The van der Waals surface area contributed by atoms with Crippen LogP contribution in [-0.4, -0.2) is 23.7 Å². The number of rotatable bonds is 5. The van der Waals surface area contributed by atoms with Gasteiger partial charge in [-0.3, -0.25) is 0 Å². The summed E-state index contributed by atoms with van der Waals surface area (Å²) in [6.07, 6.45) is 0.681. The number of nitrogens with one attached hydrogen (secondary N) is 2. The Bertz CT molecular complexity index is 644. The SMILES string of the molecule is O=C(NCCc1cccs1)Nc1cc(F)ccc1C(=O)O. The molecule has 0 fully saturated rings. The van der Waals surface area contributed by atoms with Crippen molar-refractivity contribution >= 4 is 29.0 Å². The van der Waals surface area contributed by atoms with E-state index in [2.05, 4.69) is 10.6 Å². The number of carboxylic acids is 1. The van der Waals surface area contributed by atoms with Crippen molar-refractivity contribution in [3.63, 3.8) is 0 Å². The number of carbonyl (C=O) groups excluding carboxylic acids is 1. The smallest absolute Gasteiger partial charge is 0.337 e. The quantitative estimate of drug-likeness (QED) is 0.794. The highest BCUT2D eigenvalue weighted by molar-refractivity contribution is 7.09. The lowest BCUT2D eigenvalue weighted by molar-refractivity contribution is 0.0698. The number of anilines is 1. The molecule has 7 heteroatoms. The number of carboxylic acid groups (broad SMARTS) is 1. The second-order valence-electron chi connectivity index (χ2n) is 4.21. The average molecular weight is 308 g/mol. The Kier molecular flexibility index (Phi) is 4.89. The molecule has 110 valence electrons. The van der Waals surface area contributed by atoms with Gasteiger partial charge in [0.2, 0.25) is 0 Å². The van der Waals surface area contributed by atoms with Crippen molar-refractivity contribution in [2.24, 2.45) is 0 Å². The summed E-state index contributed by atoms with van der Waals surface area (Å²) in [4.78, 5) is 23.8. The molecule has 0 saturated carbocycles. The molecule has 0 unspecified atom stereocenters. The molecule has 2 aromatic rings. The summed E-state index contributed by atoms with van der Waals surface area (Å²) in [7, 11) is 0. The van der Waals surface area contributed by atoms with E-state index in [-0.39, 0.29) is 11.3 Å². The molecule has 3 N–H and O–H groups in total. The molecule has 0 atom stereocenters. The van der Waals surface area contributed by atoms with Gasteiger partial charge in [0.1, 0.15) is 5.82 Å². The van der Waals surface area contributed by atoms with Crippen LogP contribution in [0.15, 0.2) is 35.7 Å². The van der Waals surface area contributed by atoms with Gasteiger partial charge in [0.15, 0.2) is 0 Å². The fourth-order valence-corrected chi connectivity index (χ4v) is 2.44. The van der Waals surface area contributed by atoms with Crippen LogP contribution >= 0.6 is 11.3 Å². The third-order valence-corrected chi connectivity index (χ3v) is 3.63. The monoisotopic (exact) mass is 308 g/mol. The van der Waals surface area contributed by atoms with Crippen LogP contribution in [0.2, 0.25) is 0 Å². The zero-order valence-electron chi connectivity index (χ0n) is 10.9. The highest BCUT2D eigenvalue weighted by Crippen LogP contribution is 2.17. The molecule has 5 nitrogen and oxygen atoms in total. The number of urea groups is 1. The van der Waals surface area contributed by atoms with Crippen molar-refractivity contribution in [2.75, 3.05) is 11.9 Å². The first-order chi connectivity index (χ1) is 10.1. The number of hydrogen-bond donors (Lipinski definition) is 3. The number of benzene rings is 1. The Morgan fingerprint density at radius 3 is 2.76 bits per heavy atom. The van der Waals surface area contributed by atoms with Gasteiger partial charge in [0, 0.05) is 11.4 Å². The summed E-state index contributed by atoms with van der Waals surface area (Å²) in [5.74, 6) is -1.85. The van der Waals surface area contributed by atoms with Crippen LogP contribution in [0.5, 0.6) is 0 Å². The maximum absolute atomic E-state index is 13.1. The number of aromatic carboxylic acids is 1. The second-order valence-corrected chi connectivity index (χ2v) is 5.24. The van der Waals surface area contributed by atoms with Gasteiger partial charge < -0.3 is 15.7 Å². The topological polar surface area (TPSA) is 78.4 Å². The molecule has 0 bridgehead atoms. The lowest BCUT2D eigenvalue weighted by atomic mass is 10.2. The third kappa shape index (κ3) is 4.28. The first kappa shape index (κ1) is 15.0. The predicted octanol–water partition coefficient (Wildman–Crippen LogP) is 2.95. The van der Waals surface area contributed by atoms with Crippen molar-refractivity contribution in [2.45, 2.75) is 6.42 Å². The fourth-order valence-electron chi connectivity index (χ4n) is 1.73. The van der Waals surface area contributed by atoms with E-state index in [9.17, 15) is 14.0 Å². The summed E-state index contributed by atoms with van der Waals surface area (Å²) in [5.41, 5.74) is -0.235. The Morgan fingerprint density at radius 1 is 1.29 bits per heavy atom. The molecule has 0 aliphatic heterocycles. The maximum Gasteiger partial charge on any atom is 0.337 e. The summed E-state index contributed by atoms with van der Waals surface area (Å²) in [6, 6.07) is 6.43. The second kappa shape index (κ2) is 6.85. The minimum Gasteiger partial charge on any atom is -0.478 e. The highest BCUT2D eigenvalue weighted by atomic mass is 32.1. The van der Waals surface area contributed by atoms with E-state index in [1.807, 2.05) is 17.5 Å². The van der Waals surface area contributed by atoms with Crippen LogP contribution < -0.4 is 10.6 Å². The van der Waals surface area contributed by atoms with Crippen molar-refractivity contribution < 1.29 is 19.1 Å². The number of amides is 2. The molecule has 1 aromatic heterocycles. The summed E-state index contributed by atoms with van der Waals surface area (Å²) in [5, 5.41) is 15.9. The third-order valence-electron chi connectivity index (χ3n) is 2.70. The van der Waals surface area contributed by atoms with Crippen molar-refractivity contribution in [1.29, 1.82) is 0 Å². The van der Waals surface area contributed by atoms with E-state index >= 15 is 0 Å². The van der Waals surface area contributed by atoms with E-state index in [0.717, 1.165) is 23.1 Å². The Labute approximate surface area is 124 Å². The molecule has 21 heavy (non-hydrogen) atoms. The van der Waals surface area contributed by atoms with E-state index in [0.29, 0.717) is 13.0 Å². The van der Waals surface area contributed by atoms with E-state index in [1.54, 1.807) is 11.3 Å². The van der Waals surface area contributed by atoms with Gasteiger partial charge in [-0.15, -0.1) is 11.3 Å². The van der Waals surface area contributed by atoms with Crippen LogP contribution in [0.4, 0.5) is 14.9 Å². The first-order valence-electron chi connectivity index (χ1n) is 6.16. The summed E-state index contributed by atoms with van der Waals surface area (Å²) < 4.78 is 13.1. The molecule has 0 spiro atoms. The lowest BCUT2D eigenvalue weighted by Crippen LogP contribution is -2.31. The van der Waals surface area contributed by atoms with E-state index in [1.165, 1.54) is 0 Å². The first-order valence-corrected chi connectivity index (χ1v) is 7.04. The minimum absolute atomic E-state index is 0.0730. The van der Waals surface area contributed by atoms with Crippen LogP contribution in [0.1, 0.15) is 15.2 Å². The normalized spacial score (nSPS) is 10.1. The van der Waals surface area contributed by atoms with Gasteiger partial charge in [-0.1, -0.05) is 6.07 Å². The minimum atomic E-state index is -1.23. The fraction of sp³-hybridized carbons (Fsp3) is 0.143. The van der Waals surface area contributed by atoms with E-state index in [4.69, 9.17) is 5.11 Å². The maximum atomic E-state index is 13.1. The largest absolute Gasteiger partial charge is 0.478 e. The van der Waals surface area contributed by atoms with Crippen LogP contribution in [0, 0.1) is 5.82 Å². The van der Waals surface area contributed by atoms with Gasteiger partial charge in [-0.05, 0) is 36.1 Å². The number of carbonyl (C=O) groups is 2. The molecule has 0 aliphatic carbocycles. The molecule has 1 aromatic carbocycles. The zero-order chi connectivity index (χ0) is 15.2. The molecule has 0 radical (unpaired) electrons. The summed E-state index contributed by atoms with van der Waals surface area (Å²) in [6.45, 7) is 0.407. The highest BCUT2D eigenvalue weighted by Gasteiger charge is 2.13. The van der Waals surface area contributed by atoms with E-state index < -0.39 is 17.8 Å². The van der Waals surface area contributed by atoms with Gasteiger partial charge in [-0.25, -0.2) is 14.0 Å². The average Bonchev–Trinajstić information content (AvgIpc) is 2.91. The predicted molar refractivity (Wildman–Crippen MR) is 78.4 cm³/mol. The zero-order valence-corrected chi connectivity index (χ0v) is 11.7. The molecule has 1 heterocycles. The Balaban J connectivity index is 1.93. The van der Waals surface area contributed by atoms with Gasteiger partial charge in [0.25, 0.3) is 0 Å². The summed E-state index contributed by atoms with van der Waals surface area (Å²) >= 11 is 1.59. The van der Waals surface area contributed by atoms with Crippen LogP contribution in [0.3, 0.4) is 0 Å². The lowest BCUT2D eigenvalue weighted by Gasteiger charge is -2.09. The Morgan fingerprint density at radius 2 is 2.10 bits per heavy atom. The number of halogens is 1. The van der Waals surface area contributed by atoms with Crippen molar-refractivity contribution in [1.82, 2.24) is 5.32 Å². The Hall–Kier alpha value is -2.41. The van der Waals surface area contributed by atoms with Gasteiger partial charge in [0.05, 0.1) is 11.3 Å². The molecular formula is C14H13FN2O3S. The van der Waals surface area contributed by atoms with Crippen molar-refractivity contribution in [3.05, 3.63) is 52.0 Å². The number of thiophene rings is 1. The molecule has 2 amide bonds. The standard InChI is InChI=1S/C14H13FN2O3S/c15-9-3-4-11(13(18)19)12(8-9)17-14(20)16-6-5-10-2-1-7-21-10/h1-4,7-8H,5-6H2,(H,18,19)(H2,16,17,20). The molecule has 0 saturated heterocycles.